The van der Waals surface area contributed by atoms with E-state index < -0.39 is 5.91 Å². The van der Waals surface area contributed by atoms with Crippen molar-refractivity contribution in [1.29, 1.82) is 0 Å². The van der Waals surface area contributed by atoms with Crippen LogP contribution in [0, 0.1) is 6.92 Å². The second-order valence-corrected chi connectivity index (χ2v) is 3.26. The number of rotatable bonds is 3. The number of nitrogens with zero attached hydrogens (tertiary/aromatic N) is 2. The molecule has 0 bridgehead atoms. The fraction of sp³-hybridized carbons (Fsp3) is 0.444. The normalized spacial score (nSPS) is 12.5. The monoisotopic (exact) mass is 194 g/mol. The van der Waals surface area contributed by atoms with E-state index in [0.29, 0.717) is 5.82 Å². The quantitative estimate of drug-likeness (QED) is 0.698. The molecule has 5 nitrogen and oxygen atoms in total. The average Bonchev–Trinajstić information content (AvgIpc) is 2.01. The zero-order valence-corrected chi connectivity index (χ0v) is 8.32. The summed E-state index contributed by atoms with van der Waals surface area (Å²) < 4.78 is 0. The molecule has 1 rings (SSSR count). The minimum Gasteiger partial charge on any atom is -0.369 e. The second-order valence-electron chi connectivity index (χ2n) is 3.26. The van der Waals surface area contributed by atoms with Crippen LogP contribution in [0.2, 0.25) is 0 Å². The van der Waals surface area contributed by atoms with Gasteiger partial charge in [0.25, 0.3) is 0 Å². The Morgan fingerprint density at radius 1 is 1.64 bits per heavy atom. The molecule has 0 saturated carbocycles. The molecule has 0 fully saturated rings. The maximum absolute atomic E-state index is 10.6. The first-order valence-electron chi connectivity index (χ1n) is 4.37. The molecule has 1 unspecified atom stereocenters. The van der Waals surface area contributed by atoms with Crippen LogP contribution in [0.1, 0.15) is 30.0 Å². The van der Waals surface area contributed by atoms with Gasteiger partial charge in [0.1, 0.15) is 5.82 Å². The average molecular weight is 194 g/mol. The first kappa shape index (κ1) is 10.6. The second kappa shape index (κ2) is 4.15. The zero-order chi connectivity index (χ0) is 10.7. The molecule has 0 saturated heterocycles. The molecule has 1 heterocycles. The van der Waals surface area contributed by atoms with E-state index in [4.69, 9.17) is 11.5 Å². The summed E-state index contributed by atoms with van der Waals surface area (Å²) in [5.74, 6) is 0.0114. The third kappa shape index (κ3) is 2.50. The Kier molecular flexibility index (Phi) is 3.14. The Morgan fingerprint density at radius 2 is 2.29 bits per heavy atom. The van der Waals surface area contributed by atoms with Crippen molar-refractivity contribution in [2.75, 3.05) is 0 Å². The van der Waals surface area contributed by atoms with Gasteiger partial charge >= 0.3 is 0 Å². The Labute approximate surface area is 82.5 Å². The van der Waals surface area contributed by atoms with Gasteiger partial charge in [0.15, 0.2) is 0 Å². The van der Waals surface area contributed by atoms with Crippen LogP contribution in [0.25, 0.3) is 0 Å². The molecule has 76 valence electrons. The van der Waals surface area contributed by atoms with Gasteiger partial charge in [-0.05, 0) is 13.8 Å². The number of aryl methyl sites for hydroxylation is 1. The van der Waals surface area contributed by atoms with E-state index in [0.717, 1.165) is 11.3 Å². The number of primary amides is 1. The van der Waals surface area contributed by atoms with Crippen LogP contribution < -0.4 is 11.5 Å². The highest BCUT2D eigenvalue weighted by Gasteiger charge is 2.08. The number of carbonyl (C=O) groups is 1. The molecule has 5 heteroatoms. The van der Waals surface area contributed by atoms with E-state index in [2.05, 4.69) is 9.97 Å². The highest BCUT2D eigenvalue weighted by atomic mass is 16.1. The van der Waals surface area contributed by atoms with Gasteiger partial charge in [0.05, 0.1) is 6.42 Å². The predicted molar refractivity (Wildman–Crippen MR) is 52.3 cm³/mol. The van der Waals surface area contributed by atoms with Crippen molar-refractivity contribution >= 4 is 5.91 Å². The summed E-state index contributed by atoms with van der Waals surface area (Å²) >= 11 is 0. The fourth-order valence-electron chi connectivity index (χ4n) is 1.21. The van der Waals surface area contributed by atoms with E-state index in [1.54, 1.807) is 6.20 Å². The van der Waals surface area contributed by atoms with E-state index in [1.807, 2.05) is 13.8 Å². The molecular formula is C9H14N4O. The molecule has 0 spiro atoms. The van der Waals surface area contributed by atoms with Crippen LogP contribution in [-0.2, 0) is 11.2 Å². The van der Waals surface area contributed by atoms with Gasteiger partial charge in [-0.1, -0.05) is 0 Å². The highest BCUT2D eigenvalue weighted by Crippen LogP contribution is 2.11. The summed E-state index contributed by atoms with van der Waals surface area (Å²) in [6, 6.07) is -0.0994. The summed E-state index contributed by atoms with van der Waals surface area (Å²) in [5.41, 5.74) is 12.4. The summed E-state index contributed by atoms with van der Waals surface area (Å²) in [4.78, 5) is 18.8. The van der Waals surface area contributed by atoms with Crippen LogP contribution in [-0.4, -0.2) is 15.9 Å². The number of hydrogen-bond acceptors (Lipinski definition) is 4. The lowest BCUT2D eigenvalue weighted by molar-refractivity contribution is -0.117. The number of amides is 1. The Bertz CT molecular complexity index is 349. The Morgan fingerprint density at radius 3 is 2.71 bits per heavy atom. The molecule has 1 aromatic heterocycles. The summed E-state index contributed by atoms with van der Waals surface area (Å²) in [7, 11) is 0. The summed E-state index contributed by atoms with van der Waals surface area (Å²) in [6.45, 7) is 3.70. The van der Waals surface area contributed by atoms with Crippen LogP contribution in [0.3, 0.4) is 0 Å². The molecule has 0 aliphatic heterocycles. The number of aromatic nitrogens is 2. The SMILES string of the molecule is Cc1nc(CC(N)=O)ncc1C(C)N. The molecular weight excluding hydrogens is 180 g/mol. The summed E-state index contributed by atoms with van der Waals surface area (Å²) in [5, 5.41) is 0. The van der Waals surface area contributed by atoms with Gasteiger partial charge in [-0.25, -0.2) is 9.97 Å². The standard InChI is InChI=1S/C9H14N4O/c1-5(10)7-4-12-9(3-8(11)14)13-6(7)2/h4-5H,3,10H2,1-2H3,(H2,11,14). The smallest absolute Gasteiger partial charge is 0.225 e. The molecule has 14 heavy (non-hydrogen) atoms. The lowest BCUT2D eigenvalue weighted by atomic mass is 10.1. The van der Waals surface area contributed by atoms with Crippen molar-refractivity contribution in [2.45, 2.75) is 26.3 Å². The molecule has 1 aromatic rings. The zero-order valence-electron chi connectivity index (χ0n) is 8.32. The molecule has 4 N–H and O–H groups in total. The van der Waals surface area contributed by atoms with Crippen LogP contribution in [0.4, 0.5) is 0 Å². The molecule has 0 aliphatic carbocycles. The van der Waals surface area contributed by atoms with E-state index in [-0.39, 0.29) is 12.5 Å². The predicted octanol–water partition coefficient (Wildman–Crippen LogP) is -0.167. The van der Waals surface area contributed by atoms with Crippen molar-refractivity contribution in [2.24, 2.45) is 11.5 Å². The van der Waals surface area contributed by atoms with E-state index in [9.17, 15) is 4.79 Å². The van der Waals surface area contributed by atoms with Crippen molar-refractivity contribution in [1.82, 2.24) is 9.97 Å². The Balaban J connectivity index is 2.94. The molecule has 0 aromatic carbocycles. The van der Waals surface area contributed by atoms with Gasteiger partial charge < -0.3 is 11.5 Å². The highest BCUT2D eigenvalue weighted by molar-refractivity contribution is 5.75. The third-order valence-corrected chi connectivity index (χ3v) is 1.89. The first-order valence-corrected chi connectivity index (χ1v) is 4.37. The van der Waals surface area contributed by atoms with Crippen molar-refractivity contribution in [3.63, 3.8) is 0 Å². The number of carbonyl (C=O) groups excluding carboxylic acids is 1. The largest absolute Gasteiger partial charge is 0.369 e. The molecule has 1 atom stereocenters. The van der Waals surface area contributed by atoms with Crippen LogP contribution >= 0.6 is 0 Å². The van der Waals surface area contributed by atoms with Crippen molar-refractivity contribution < 1.29 is 4.79 Å². The third-order valence-electron chi connectivity index (χ3n) is 1.89. The first-order chi connectivity index (χ1) is 6.50. The Hall–Kier alpha value is -1.49. The number of hydrogen-bond donors (Lipinski definition) is 2. The van der Waals surface area contributed by atoms with Crippen molar-refractivity contribution in [3.05, 3.63) is 23.3 Å². The van der Waals surface area contributed by atoms with Gasteiger partial charge in [-0.15, -0.1) is 0 Å². The van der Waals surface area contributed by atoms with Crippen LogP contribution in [0.15, 0.2) is 6.20 Å². The molecule has 1 amide bonds. The number of nitrogens with two attached hydrogens (primary N) is 2. The van der Waals surface area contributed by atoms with Crippen LogP contribution in [0.5, 0.6) is 0 Å². The van der Waals surface area contributed by atoms with Gasteiger partial charge in [-0.3, -0.25) is 4.79 Å². The lowest BCUT2D eigenvalue weighted by Crippen LogP contribution is -2.17. The minimum absolute atomic E-state index is 0.0695. The van der Waals surface area contributed by atoms with E-state index in [1.165, 1.54) is 0 Å². The maximum Gasteiger partial charge on any atom is 0.225 e. The van der Waals surface area contributed by atoms with Crippen molar-refractivity contribution in [3.8, 4) is 0 Å². The van der Waals surface area contributed by atoms with Gasteiger partial charge in [-0.2, -0.15) is 0 Å². The molecule has 0 aliphatic rings. The molecule has 0 radical (unpaired) electrons. The fourth-order valence-corrected chi connectivity index (χ4v) is 1.21. The minimum atomic E-state index is -0.432. The van der Waals surface area contributed by atoms with E-state index >= 15 is 0 Å². The topological polar surface area (TPSA) is 94.9 Å². The van der Waals surface area contributed by atoms with Gasteiger partial charge in [0, 0.05) is 23.5 Å². The van der Waals surface area contributed by atoms with Gasteiger partial charge in [0.2, 0.25) is 5.91 Å². The maximum atomic E-state index is 10.6. The lowest BCUT2D eigenvalue weighted by Gasteiger charge is -2.08. The summed E-state index contributed by atoms with van der Waals surface area (Å²) in [6.07, 6.45) is 1.71.